The van der Waals surface area contributed by atoms with Gasteiger partial charge in [-0.05, 0) is 31.2 Å². The molecule has 2 aliphatic heterocycles. The van der Waals surface area contributed by atoms with Crippen molar-refractivity contribution in [1.29, 1.82) is 0 Å². The summed E-state index contributed by atoms with van der Waals surface area (Å²) in [6.07, 6.45) is 2.92. The molecule has 3 atom stereocenters. The molecule has 1 aromatic rings. The molecule has 3 rings (SSSR count). The smallest absolute Gasteiger partial charge is 0.226 e. The van der Waals surface area contributed by atoms with Gasteiger partial charge in [-0.15, -0.1) is 0 Å². The highest BCUT2D eigenvalue weighted by Crippen LogP contribution is 2.29. The number of aliphatic hydroxyl groups is 1. The van der Waals surface area contributed by atoms with Gasteiger partial charge in [0.15, 0.2) is 0 Å². The Labute approximate surface area is 136 Å². The normalized spacial score (nSPS) is 26.0. The lowest BCUT2D eigenvalue weighted by Gasteiger charge is -2.31. The molecule has 0 aromatic heterocycles. The third-order valence-electron chi connectivity index (χ3n) is 4.94. The minimum absolute atomic E-state index is 0.0327. The summed E-state index contributed by atoms with van der Waals surface area (Å²) in [6.45, 7) is 1.32. The van der Waals surface area contributed by atoms with Crippen molar-refractivity contribution in [2.75, 3.05) is 13.1 Å². The highest BCUT2D eigenvalue weighted by atomic mass is 16.3. The van der Waals surface area contributed by atoms with Crippen molar-refractivity contribution in [2.45, 2.75) is 44.2 Å². The molecule has 124 valence electrons. The fourth-order valence-electron chi connectivity index (χ4n) is 3.67. The van der Waals surface area contributed by atoms with Crippen LogP contribution in [-0.2, 0) is 9.59 Å². The monoisotopic (exact) mass is 316 g/mol. The number of piperidine rings is 1. The number of likely N-dealkylation sites (tertiary alicyclic amines) is 1. The molecule has 1 aromatic carbocycles. The van der Waals surface area contributed by atoms with E-state index in [0.29, 0.717) is 19.4 Å². The third kappa shape index (κ3) is 3.72. The number of hydrogen-bond donors (Lipinski definition) is 2. The van der Waals surface area contributed by atoms with Gasteiger partial charge in [-0.2, -0.15) is 0 Å². The number of nitrogens with zero attached hydrogens (tertiary/aromatic N) is 1. The molecule has 5 nitrogen and oxygen atoms in total. The Balaban J connectivity index is 1.63. The van der Waals surface area contributed by atoms with Gasteiger partial charge in [-0.1, -0.05) is 30.3 Å². The predicted molar refractivity (Wildman–Crippen MR) is 86.5 cm³/mol. The second kappa shape index (κ2) is 7.13. The maximum atomic E-state index is 12.7. The van der Waals surface area contributed by atoms with E-state index in [2.05, 4.69) is 5.32 Å². The molecule has 23 heavy (non-hydrogen) atoms. The second-order valence-corrected chi connectivity index (χ2v) is 6.53. The maximum absolute atomic E-state index is 12.7. The molecule has 2 amide bonds. The van der Waals surface area contributed by atoms with Gasteiger partial charge in [0.2, 0.25) is 11.8 Å². The van der Waals surface area contributed by atoms with Crippen LogP contribution in [0.5, 0.6) is 0 Å². The summed E-state index contributed by atoms with van der Waals surface area (Å²) in [6, 6.07) is 9.65. The Morgan fingerprint density at radius 1 is 1.30 bits per heavy atom. The van der Waals surface area contributed by atoms with Crippen LogP contribution in [0.4, 0.5) is 0 Å². The summed E-state index contributed by atoms with van der Waals surface area (Å²) in [4.78, 5) is 26.2. The van der Waals surface area contributed by atoms with Crippen LogP contribution in [0.3, 0.4) is 0 Å². The van der Waals surface area contributed by atoms with Crippen LogP contribution in [0.25, 0.3) is 0 Å². The van der Waals surface area contributed by atoms with Crippen molar-refractivity contribution in [3.05, 3.63) is 35.9 Å². The van der Waals surface area contributed by atoms with E-state index in [-0.39, 0.29) is 23.8 Å². The molecule has 2 aliphatic rings. The van der Waals surface area contributed by atoms with E-state index < -0.39 is 6.10 Å². The van der Waals surface area contributed by atoms with Crippen molar-refractivity contribution in [2.24, 2.45) is 5.92 Å². The standard InChI is InChI=1S/C18H24N2O3/c21-16(13-5-2-1-3-6-13)12-15-7-4-10-20(15)18(23)14-8-9-19-17(22)11-14/h1-3,5-6,14-16,21H,4,7-12H2,(H,19,22). The van der Waals surface area contributed by atoms with Crippen LogP contribution in [0.2, 0.25) is 0 Å². The van der Waals surface area contributed by atoms with Crippen molar-refractivity contribution in [3.63, 3.8) is 0 Å². The Bertz CT molecular complexity index is 561. The highest BCUT2D eigenvalue weighted by Gasteiger charge is 2.36. The lowest BCUT2D eigenvalue weighted by molar-refractivity contribution is -0.141. The molecule has 3 unspecified atom stereocenters. The molecule has 2 N–H and O–H groups in total. The van der Waals surface area contributed by atoms with Gasteiger partial charge in [0, 0.05) is 31.5 Å². The van der Waals surface area contributed by atoms with E-state index in [1.54, 1.807) is 0 Å². The van der Waals surface area contributed by atoms with Crippen molar-refractivity contribution >= 4 is 11.8 Å². The van der Waals surface area contributed by atoms with Crippen molar-refractivity contribution in [1.82, 2.24) is 10.2 Å². The predicted octanol–water partition coefficient (Wildman–Crippen LogP) is 1.63. The first-order valence-corrected chi connectivity index (χ1v) is 8.45. The number of nitrogens with one attached hydrogen (secondary N) is 1. The second-order valence-electron chi connectivity index (χ2n) is 6.53. The SMILES string of the molecule is O=C1CC(C(=O)N2CCCC2CC(O)c2ccccc2)CCN1. The number of rotatable bonds is 4. The summed E-state index contributed by atoms with van der Waals surface area (Å²) in [5.41, 5.74) is 0.892. The quantitative estimate of drug-likeness (QED) is 0.887. The Morgan fingerprint density at radius 3 is 2.83 bits per heavy atom. The van der Waals surface area contributed by atoms with E-state index in [9.17, 15) is 14.7 Å². The summed E-state index contributed by atoms with van der Waals surface area (Å²) >= 11 is 0. The van der Waals surface area contributed by atoms with Gasteiger partial charge in [0.05, 0.1) is 6.10 Å². The Morgan fingerprint density at radius 2 is 2.09 bits per heavy atom. The number of amides is 2. The Hall–Kier alpha value is -1.88. The molecule has 0 bridgehead atoms. The first-order valence-electron chi connectivity index (χ1n) is 8.45. The zero-order chi connectivity index (χ0) is 16.2. The Kier molecular flexibility index (Phi) is 4.96. The minimum atomic E-state index is -0.552. The molecule has 0 radical (unpaired) electrons. The molecular weight excluding hydrogens is 292 g/mol. The first-order chi connectivity index (χ1) is 11.1. The summed E-state index contributed by atoms with van der Waals surface area (Å²) in [5.74, 6) is -0.143. The number of aliphatic hydroxyl groups excluding tert-OH is 1. The van der Waals surface area contributed by atoms with Gasteiger partial charge < -0.3 is 15.3 Å². The van der Waals surface area contributed by atoms with Gasteiger partial charge in [-0.3, -0.25) is 9.59 Å². The molecule has 0 saturated carbocycles. The third-order valence-corrected chi connectivity index (χ3v) is 4.94. The van der Waals surface area contributed by atoms with Gasteiger partial charge in [0.1, 0.15) is 0 Å². The number of benzene rings is 1. The van der Waals surface area contributed by atoms with Gasteiger partial charge in [-0.25, -0.2) is 0 Å². The van der Waals surface area contributed by atoms with Crippen molar-refractivity contribution < 1.29 is 14.7 Å². The van der Waals surface area contributed by atoms with Crippen LogP contribution in [0.1, 0.15) is 43.8 Å². The largest absolute Gasteiger partial charge is 0.388 e. The van der Waals surface area contributed by atoms with Crippen LogP contribution < -0.4 is 5.32 Å². The maximum Gasteiger partial charge on any atom is 0.226 e. The van der Waals surface area contributed by atoms with E-state index in [1.807, 2.05) is 35.2 Å². The molecular formula is C18H24N2O3. The highest BCUT2D eigenvalue weighted by molar-refractivity contribution is 5.87. The average molecular weight is 316 g/mol. The number of carbonyl (C=O) groups excluding carboxylic acids is 2. The summed E-state index contributed by atoms with van der Waals surface area (Å²) in [7, 11) is 0. The minimum Gasteiger partial charge on any atom is -0.388 e. The zero-order valence-electron chi connectivity index (χ0n) is 13.3. The zero-order valence-corrected chi connectivity index (χ0v) is 13.3. The molecule has 0 aliphatic carbocycles. The van der Waals surface area contributed by atoms with Crippen LogP contribution in [0.15, 0.2) is 30.3 Å². The lowest BCUT2D eigenvalue weighted by atomic mass is 9.94. The fraction of sp³-hybridized carbons (Fsp3) is 0.556. The van der Waals surface area contributed by atoms with Crippen molar-refractivity contribution in [3.8, 4) is 0 Å². The molecule has 2 saturated heterocycles. The topological polar surface area (TPSA) is 69.6 Å². The molecule has 0 spiro atoms. The summed E-state index contributed by atoms with van der Waals surface area (Å²) < 4.78 is 0. The van der Waals surface area contributed by atoms with Gasteiger partial charge >= 0.3 is 0 Å². The van der Waals surface area contributed by atoms with Crippen LogP contribution in [0, 0.1) is 5.92 Å². The van der Waals surface area contributed by atoms with E-state index in [1.165, 1.54) is 0 Å². The summed E-state index contributed by atoms with van der Waals surface area (Å²) in [5, 5.41) is 13.2. The number of hydrogen-bond acceptors (Lipinski definition) is 3. The molecule has 5 heteroatoms. The van der Waals surface area contributed by atoms with E-state index in [0.717, 1.165) is 31.4 Å². The van der Waals surface area contributed by atoms with Gasteiger partial charge in [0.25, 0.3) is 0 Å². The van der Waals surface area contributed by atoms with Crippen LogP contribution >= 0.6 is 0 Å². The van der Waals surface area contributed by atoms with E-state index in [4.69, 9.17) is 0 Å². The van der Waals surface area contributed by atoms with Crippen LogP contribution in [-0.4, -0.2) is 41.0 Å². The molecule has 2 heterocycles. The first kappa shape index (κ1) is 16.0. The van der Waals surface area contributed by atoms with E-state index >= 15 is 0 Å². The lowest BCUT2D eigenvalue weighted by Crippen LogP contribution is -2.45. The fourth-order valence-corrected chi connectivity index (χ4v) is 3.67. The molecule has 2 fully saturated rings. The average Bonchev–Trinajstić information content (AvgIpc) is 3.03. The number of carbonyl (C=O) groups is 2.